The van der Waals surface area contributed by atoms with Gasteiger partial charge < -0.3 is 10.1 Å². The molecule has 0 bridgehead atoms. The Kier molecular flexibility index (Phi) is 6.75. The van der Waals surface area contributed by atoms with Crippen LogP contribution in [-0.4, -0.2) is 18.6 Å². The number of hydrogen-bond donors (Lipinski definition) is 1. The monoisotopic (exact) mass is 351 g/mol. The second-order valence-electron chi connectivity index (χ2n) is 5.29. The highest BCUT2D eigenvalue weighted by molar-refractivity contribution is 6.36. The summed E-state index contributed by atoms with van der Waals surface area (Å²) in [5.41, 5.74) is 0.805. The third-order valence-electron chi connectivity index (χ3n) is 3.31. The van der Waals surface area contributed by atoms with Crippen LogP contribution in [0.1, 0.15) is 18.9 Å². The van der Waals surface area contributed by atoms with E-state index < -0.39 is 0 Å². The van der Waals surface area contributed by atoms with Gasteiger partial charge in [-0.25, -0.2) is 0 Å². The molecule has 0 spiro atoms. The normalized spacial score (nSPS) is 11.8. The van der Waals surface area contributed by atoms with Crippen molar-refractivity contribution in [3.05, 3.63) is 64.1 Å². The predicted molar refractivity (Wildman–Crippen MR) is 94.3 cm³/mol. The minimum atomic E-state index is -0.0792. The molecule has 1 atom stereocenters. The topological polar surface area (TPSA) is 38.3 Å². The molecule has 0 fully saturated rings. The van der Waals surface area contributed by atoms with Crippen molar-refractivity contribution in [2.45, 2.75) is 25.8 Å². The van der Waals surface area contributed by atoms with Crippen LogP contribution in [0, 0.1) is 0 Å². The van der Waals surface area contributed by atoms with E-state index in [4.69, 9.17) is 27.9 Å². The number of carbonyl (C=O) groups excluding carboxylic acids is 1. The van der Waals surface area contributed by atoms with E-state index in [0.29, 0.717) is 29.5 Å². The van der Waals surface area contributed by atoms with Crippen molar-refractivity contribution in [1.29, 1.82) is 0 Å². The molecule has 2 aromatic carbocycles. The molecule has 2 aromatic rings. The SMILES string of the molecule is C[C@@H](COc1ccccc1)NC(=O)CCc1c(Cl)cccc1Cl. The number of halogens is 2. The summed E-state index contributed by atoms with van der Waals surface area (Å²) in [5, 5.41) is 4.09. The van der Waals surface area contributed by atoms with Gasteiger partial charge in [0.25, 0.3) is 0 Å². The quantitative estimate of drug-likeness (QED) is 0.796. The Morgan fingerprint density at radius 2 is 1.74 bits per heavy atom. The van der Waals surface area contributed by atoms with Crippen molar-refractivity contribution in [2.24, 2.45) is 0 Å². The molecule has 23 heavy (non-hydrogen) atoms. The average Bonchev–Trinajstić information content (AvgIpc) is 2.53. The number of hydrogen-bond acceptors (Lipinski definition) is 2. The van der Waals surface area contributed by atoms with E-state index in [1.54, 1.807) is 18.2 Å². The van der Waals surface area contributed by atoms with E-state index in [-0.39, 0.29) is 11.9 Å². The Morgan fingerprint density at radius 1 is 1.09 bits per heavy atom. The maximum Gasteiger partial charge on any atom is 0.220 e. The van der Waals surface area contributed by atoms with Gasteiger partial charge in [-0.15, -0.1) is 0 Å². The zero-order valence-corrected chi connectivity index (χ0v) is 14.4. The zero-order valence-electron chi connectivity index (χ0n) is 12.9. The van der Waals surface area contributed by atoms with Gasteiger partial charge in [0.05, 0.1) is 6.04 Å². The highest BCUT2D eigenvalue weighted by Crippen LogP contribution is 2.25. The number of nitrogens with one attached hydrogen (secondary N) is 1. The lowest BCUT2D eigenvalue weighted by molar-refractivity contribution is -0.121. The summed E-state index contributed by atoms with van der Waals surface area (Å²) < 4.78 is 5.61. The van der Waals surface area contributed by atoms with Crippen molar-refractivity contribution < 1.29 is 9.53 Å². The fourth-order valence-electron chi connectivity index (χ4n) is 2.14. The Morgan fingerprint density at radius 3 is 2.39 bits per heavy atom. The Labute approximate surface area is 146 Å². The fourth-order valence-corrected chi connectivity index (χ4v) is 2.72. The predicted octanol–water partition coefficient (Wildman–Crippen LogP) is 4.51. The Bertz CT molecular complexity index is 626. The number of amides is 1. The molecule has 0 aromatic heterocycles. The van der Waals surface area contributed by atoms with Gasteiger partial charge in [0.2, 0.25) is 5.91 Å². The van der Waals surface area contributed by atoms with Crippen LogP contribution < -0.4 is 10.1 Å². The summed E-state index contributed by atoms with van der Waals surface area (Å²) in [7, 11) is 0. The van der Waals surface area contributed by atoms with Gasteiger partial charge in [0.1, 0.15) is 12.4 Å². The van der Waals surface area contributed by atoms with Gasteiger partial charge in [-0.1, -0.05) is 47.5 Å². The first-order valence-corrected chi connectivity index (χ1v) is 8.22. The first kappa shape index (κ1) is 17.6. The number of para-hydroxylation sites is 1. The first-order valence-electron chi connectivity index (χ1n) is 7.46. The second-order valence-corrected chi connectivity index (χ2v) is 6.11. The minimum Gasteiger partial charge on any atom is -0.491 e. The molecule has 3 nitrogen and oxygen atoms in total. The highest BCUT2D eigenvalue weighted by atomic mass is 35.5. The standard InChI is InChI=1S/C18H19Cl2NO2/c1-13(12-23-14-6-3-2-4-7-14)21-18(22)11-10-15-16(19)8-5-9-17(15)20/h2-9,13H,10-12H2,1H3,(H,21,22)/t13-/m0/s1. The van der Waals surface area contributed by atoms with Gasteiger partial charge in [-0.05, 0) is 43.2 Å². The van der Waals surface area contributed by atoms with Gasteiger partial charge in [0.15, 0.2) is 0 Å². The summed E-state index contributed by atoms with van der Waals surface area (Å²) in [4.78, 5) is 12.0. The summed E-state index contributed by atoms with van der Waals surface area (Å²) >= 11 is 12.2. The van der Waals surface area contributed by atoms with E-state index in [1.165, 1.54) is 0 Å². The van der Waals surface area contributed by atoms with E-state index in [0.717, 1.165) is 11.3 Å². The summed E-state index contributed by atoms with van der Waals surface area (Å²) in [6, 6.07) is 14.8. The second kappa shape index (κ2) is 8.80. The fraction of sp³-hybridized carbons (Fsp3) is 0.278. The number of carbonyl (C=O) groups is 1. The van der Waals surface area contributed by atoms with E-state index >= 15 is 0 Å². The first-order chi connectivity index (χ1) is 11.1. The van der Waals surface area contributed by atoms with E-state index in [9.17, 15) is 4.79 Å². The highest BCUT2D eigenvalue weighted by Gasteiger charge is 2.11. The van der Waals surface area contributed by atoms with E-state index in [2.05, 4.69) is 5.32 Å². The molecule has 0 heterocycles. The zero-order chi connectivity index (χ0) is 16.7. The van der Waals surface area contributed by atoms with Crippen molar-refractivity contribution in [2.75, 3.05) is 6.61 Å². The van der Waals surface area contributed by atoms with Gasteiger partial charge in [0, 0.05) is 16.5 Å². The van der Waals surface area contributed by atoms with Crippen LogP contribution in [0.3, 0.4) is 0 Å². The van der Waals surface area contributed by atoms with Crippen molar-refractivity contribution >= 4 is 29.1 Å². The van der Waals surface area contributed by atoms with Gasteiger partial charge in [-0.3, -0.25) is 4.79 Å². The lowest BCUT2D eigenvalue weighted by atomic mass is 10.1. The Balaban J connectivity index is 1.76. The number of rotatable bonds is 7. The van der Waals surface area contributed by atoms with Crippen LogP contribution in [-0.2, 0) is 11.2 Å². The van der Waals surface area contributed by atoms with Crippen LogP contribution in [0.4, 0.5) is 0 Å². The van der Waals surface area contributed by atoms with Crippen LogP contribution >= 0.6 is 23.2 Å². The molecule has 0 radical (unpaired) electrons. The molecule has 1 N–H and O–H groups in total. The molecule has 2 rings (SSSR count). The molecule has 0 unspecified atom stereocenters. The lowest BCUT2D eigenvalue weighted by Gasteiger charge is -2.15. The Hall–Kier alpha value is -1.71. The molecular weight excluding hydrogens is 333 g/mol. The van der Waals surface area contributed by atoms with Crippen molar-refractivity contribution in [3.8, 4) is 5.75 Å². The molecule has 0 saturated carbocycles. The number of benzene rings is 2. The van der Waals surface area contributed by atoms with E-state index in [1.807, 2.05) is 37.3 Å². The lowest BCUT2D eigenvalue weighted by Crippen LogP contribution is -2.36. The minimum absolute atomic E-state index is 0.0508. The van der Waals surface area contributed by atoms with Crippen LogP contribution in [0.2, 0.25) is 10.0 Å². The summed E-state index contributed by atoms with van der Waals surface area (Å²) in [6.45, 7) is 2.33. The molecule has 0 aliphatic heterocycles. The number of ether oxygens (including phenoxy) is 1. The van der Waals surface area contributed by atoms with Crippen LogP contribution in [0.25, 0.3) is 0 Å². The van der Waals surface area contributed by atoms with Crippen molar-refractivity contribution in [1.82, 2.24) is 5.32 Å². The van der Waals surface area contributed by atoms with Gasteiger partial charge in [-0.2, -0.15) is 0 Å². The van der Waals surface area contributed by atoms with Gasteiger partial charge >= 0.3 is 0 Å². The third kappa shape index (κ3) is 5.77. The molecule has 0 aliphatic carbocycles. The molecule has 0 saturated heterocycles. The molecule has 5 heteroatoms. The smallest absolute Gasteiger partial charge is 0.220 e. The molecule has 122 valence electrons. The van der Waals surface area contributed by atoms with Crippen LogP contribution in [0.5, 0.6) is 5.75 Å². The maximum absolute atomic E-state index is 12.0. The average molecular weight is 352 g/mol. The summed E-state index contributed by atoms with van der Waals surface area (Å²) in [6.07, 6.45) is 0.843. The summed E-state index contributed by atoms with van der Waals surface area (Å²) in [5.74, 6) is 0.738. The third-order valence-corrected chi connectivity index (χ3v) is 4.02. The molecular formula is C18H19Cl2NO2. The maximum atomic E-state index is 12.0. The molecule has 1 amide bonds. The largest absolute Gasteiger partial charge is 0.491 e. The molecule has 0 aliphatic rings. The van der Waals surface area contributed by atoms with Crippen molar-refractivity contribution in [3.63, 3.8) is 0 Å². The van der Waals surface area contributed by atoms with Crippen LogP contribution in [0.15, 0.2) is 48.5 Å².